The van der Waals surface area contributed by atoms with Crippen molar-refractivity contribution in [2.45, 2.75) is 11.8 Å². The number of carbonyl (C=O) groups is 1. The molecule has 1 saturated heterocycles. The number of carbonyl (C=O) groups excluding carboxylic acids is 1. The standard InChI is InChI=1S/C11H14Br2O3/c1-3-4-15-6-9(13)8-5-16-11(14)10(8)7(2)12/h3,8-9H,1,4-6H2,2H3/b10-7-. The van der Waals surface area contributed by atoms with Crippen LogP contribution in [0.25, 0.3) is 0 Å². The Kier molecular flexibility index (Phi) is 5.72. The van der Waals surface area contributed by atoms with Crippen LogP contribution >= 0.6 is 31.9 Å². The Bertz CT molecular complexity index is 308. The molecular formula is C11H14Br2O3. The van der Waals surface area contributed by atoms with Gasteiger partial charge >= 0.3 is 5.97 Å². The molecule has 1 rings (SSSR count). The molecule has 0 aromatic carbocycles. The Labute approximate surface area is 112 Å². The lowest BCUT2D eigenvalue weighted by Crippen LogP contribution is -2.22. The second-order valence-corrected chi connectivity index (χ2v) is 5.86. The van der Waals surface area contributed by atoms with Crippen LogP contribution in [-0.2, 0) is 14.3 Å². The van der Waals surface area contributed by atoms with E-state index in [0.717, 1.165) is 4.48 Å². The highest BCUT2D eigenvalue weighted by atomic mass is 79.9. The summed E-state index contributed by atoms with van der Waals surface area (Å²) in [6.45, 7) is 6.86. The summed E-state index contributed by atoms with van der Waals surface area (Å²) in [7, 11) is 0. The van der Waals surface area contributed by atoms with Crippen molar-refractivity contribution in [2.75, 3.05) is 19.8 Å². The van der Waals surface area contributed by atoms with Crippen LogP contribution in [0.15, 0.2) is 22.7 Å². The number of hydrogen-bond donors (Lipinski definition) is 0. The van der Waals surface area contributed by atoms with Crippen molar-refractivity contribution in [3.05, 3.63) is 22.7 Å². The van der Waals surface area contributed by atoms with Crippen LogP contribution in [0.2, 0.25) is 0 Å². The fraction of sp³-hybridized carbons (Fsp3) is 0.545. The predicted octanol–water partition coefficient (Wildman–Crippen LogP) is 2.79. The molecule has 1 heterocycles. The molecule has 0 radical (unpaired) electrons. The van der Waals surface area contributed by atoms with Crippen molar-refractivity contribution < 1.29 is 14.3 Å². The lowest BCUT2D eigenvalue weighted by atomic mass is 9.99. The fourth-order valence-corrected chi connectivity index (χ4v) is 2.60. The van der Waals surface area contributed by atoms with E-state index in [1.165, 1.54) is 0 Å². The van der Waals surface area contributed by atoms with E-state index in [1.807, 2.05) is 6.92 Å². The first-order valence-electron chi connectivity index (χ1n) is 4.94. The molecule has 1 aliphatic heterocycles. The quantitative estimate of drug-likeness (QED) is 0.251. The summed E-state index contributed by atoms with van der Waals surface area (Å²) in [6.07, 6.45) is 1.70. The van der Waals surface area contributed by atoms with Crippen LogP contribution < -0.4 is 0 Å². The summed E-state index contributed by atoms with van der Waals surface area (Å²) >= 11 is 6.86. The van der Waals surface area contributed by atoms with Gasteiger partial charge < -0.3 is 9.47 Å². The summed E-state index contributed by atoms with van der Waals surface area (Å²) in [4.78, 5) is 11.5. The van der Waals surface area contributed by atoms with E-state index in [-0.39, 0.29) is 16.7 Å². The van der Waals surface area contributed by atoms with Crippen LogP contribution in [0, 0.1) is 5.92 Å². The van der Waals surface area contributed by atoms with E-state index >= 15 is 0 Å². The molecule has 0 saturated carbocycles. The van der Waals surface area contributed by atoms with E-state index < -0.39 is 0 Å². The molecule has 16 heavy (non-hydrogen) atoms. The van der Waals surface area contributed by atoms with Gasteiger partial charge in [0.2, 0.25) is 0 Å². The number of halogens is 2. The molecule has 2 atom stereocenters. The molecule has 0 spiro atoms. The largest absolute Gasteiger partial charge is 0.462 e. The van der Waals surface area contributed by atoms with Gasteiger partial charge in [-0.05, 0) is 6.92 Å². The number of ether oxygens (including phenoxy) is 2. The molecule has 1 fully saturated rings. The summed E-state index contributed by atoms with van der Waals surface area (Å²) in [5, 5.41) is 0. The Morgan fingerprint density at radius 1 is 1.81 bits per heavy atom. The SMILES string of the molecule is C=CCOCC(Br)C1COC(=O)/C1=C(/C)Br. The Balaban J connectivity index is 2.62. The minimum absolute atomic E-state index is 0.0386. The van der Waals surface area contributed by atoms with E-state index in [2.05, 4.69) is 38.4 Å². The maximum Gasteiger partial charge on any atom is 0.335 e. The normalized spacial score (nSPS) is 25.2. The molecule has 0 bridgehead atoms. The van der Waals surface area contributed by atoms with Crippen LogP contribution in [-0.4, -0.2) is 30.6 Å². The smallest absolute Gasteiger partial charge is 0.335 e. The highest BCUT2D eigenvalue weighted by molar-refractivity contribution is 9.11. The zero-order chi connectivity index (χ0) is 12.1. The fourth-order valence-electron chi connectivity index (χ4n) is 1.54. The van der Waals surface area contributed by atoms with Gasteiger partial charge in [0, 0.05) is 15.2 Å². The lowest BCUT2D eigenvalue weighted by Gasteiger charge is -2.16. The van der Waals surface area contributed by atoms with E-state index in [0.29, 0.717) is 25.4 Å². The third-order valence-electron chi connectivity index (χ3n) is 2.31. The number of esters is 1. The van der Waals surface area contributed by atoms with Crippen LogP contribution in [0.4, 0.5) is 0 Å². The monoisotopic (exact) mass is 352 g/mol. The van der Waals surface area contributed by atoms with E-state index in [1.54, 1.807) is 6.08 Å². The first-order chi connectivity index (χ1) is 7.57. The average molecular weight is 354 g/mol. The van der Waals surface area contributed by atoms with Gasteiger partial charge in [0.05, 0.1) is 25.4 Å². The topological polar surface area (TPSA) is 35.5 Å². The van der Waals surface area contributed by atoms with Crippen LogP contribution in [0.1, 0.15) is 6.92 Å². The van der Waals surface area contributed by atoms with Gasteiger partial charge in [-0.15, -0.1) is 6.58 Å². The minimum atomic E-state index is -0.243. The van der Waals surface area contributed by atoms with E-state index in [9.17, 15) is 4.79 Å². The number of hydrogen-bond acceptors (Lipinski definition) is 3. The molecule has 3 nitrogen and oxygen atoms in total. The lowest BCUT2D eigenvalue weighted by molar-refractivity contribution is -0.135. The van der Waals surface area contributed by atoms with Gasteiger partial charge in [0.15, 0.2) is 0 Å². The van der Waals surface area contributed by atoms with Gasteiger partial charge in [0.1, 0.15) is 0 Å². The summed E-state index contributed by atoms with van der Waals surface area (Å²) in [6, 6.07) is 0. The average Bonchev–Trinajstić information content (AvgIpc) is 2.60. The summed E-state index contributed by atoms with van der Waals surface area (Å²) in [5.41, 5.74) is 0.698. The van der Waals surface area contributed by atoms with Crippen molar-refractivity contribution in [3.8, 4) is 0 Å². The maximum atomic E-state index is 11.5. The molecule has 0 aliphatic carbocycles. The van der Waals surface area contributed by atoms with Gasteiger partial charge in [-0.3, -0.25) is 0 Å². The predicted molar refractivity (Wildman–Crippen MR) is 69.8 cm³/mol. The molecular weight excluding hydrogens is 340 g/mol. The van der Waals surface area contributed by atoms with E-state index in [4.69, 9.17) is 9.47 Å². The molecule has 0 aromatic heterocycles. The van der Waals surface area contributed by atoms with Crippen LogP contribution in [0.3, 0.4) is 0 Å². The van der Waals surface area contributed by atoms with Gasteiger partial charge in [-0.1, -0.05) is 37.9 Å². The second-order valence-electron chi connectivity index (χ2n) is 3.49. The Morgan fingerprint density at radius 3 is 3.06 bits per heavy atom. The van der Waals surface area contributed by atoms with Crippen LogP contribution in [0.5, 0.6) is 0 Å². The third kappa shape index (κ3) is 3.43. The molecule has 90 valence electrons. The molecule has 2 unspecified atom stereocenters. The van der Waals surface area contributed by atoms with Crippen molar-refractivity contribution in [1.82, 2.24) is 0 Å². The third-order valence-corrected chi connectivity index (χ3v) is 3.63. The Hall–Kier alpha value is -0.130. The highest BCUT2D eigenvalue weighted by Crippen LogP contribution is 2.32. The molecule has 0 N–H and O–H groups in total. The molecule has 0 aromatic rings. The van der Waals surface area contributed by atoms with Gasteiger partial charge in [-0.2, -0.15) is 0 Å². The van der Waals surface area contributed by atoms with Crippen molar-refractivity contribution in [2.24, 2.45) is 5.92 Å². The highest BCUT2D eigenvalue weighted by Gasteiger charge is 2.36. The van der Waals surface area contributed by atoms with Crippen molar-refractivity contribution in [1.29, 1.82) is 0 Å². The van der Waals surface area contributed by atoms with Gasteiger partial charge in [-0.25, -0.2) is 4.79 Å². The molecule has 5 heteroatoms. The first kappa shape index (κ1) is 13.9. The number of rotatable bonds is 5. The summed E-state index contributed by atoms with van der Waals surface area (Å²) < 4.78 is 11.2. The Morgan fingerprint density at radius 2 is 2.50 bits per heavy atom. The first-order valence-corrected chi connectivity index (χ1v) is 6.65. The molecule has 0 amide bonds. The van der Waals surface area contributed by atoms with Crippen molar-refractivity contribution in [3.63, 3.8) is 0 Å². The number of allylic oxidation sites excluding steroid dienone is 1. The zero-order valence-electron chi connectivity index (χ0n) is 9.04. The maximum absolute atomic E-state index is 11.5. The minimum Gasteiger partial charge on any atom is -0.462 e. The summed E-state index contributed by atoms with van der Waals surface area (Å²) in [5.74, 6) is -0.204. The molecule has 1 aliphatic rings. The van der Waals surface area contributed by atoms with Crippen molar-refractivity contribution >= 4 is 37.8 Å². The van der Waals surface area contributed by atoms with Gasteiger partial charge in [0.25, 0.3) is 0 Å². The number of alkyl halides is 1. The zero-order valence-corrected chi connectivity index (χ0v) is 12.2. The number of cyclic esters (lactones) is 1. The second kappa shape index (κ2) is 6.57.